The molecule has 0 spiro atoms. The van der Waals surface area contributed by atoms with Gasteiger partial charge in [0.05, 0.1) is 12.2 Å². The van der Waals surface area contributed by atoms with Crippen LogP contribution in [0.15, 0.2) is 54.6 Å². The molecule has 0 saturated carbocycles. The lowest BCUT2D eigenvalue weighted by Crippen LogP contribution is -2.08. The summed E-state index contributed by atoms with van der Waals surface area (Å²) in [6.07, 6.45) is 3.14. The van der Waals surface area contributed by atoms with Crippen molar-refractivity contribution in [3.63, 3.8) is 0 Å². The summed E-state index contributed by atoms with van der Waals surface area (Å²) in [6.45, 7) is 2.63. The molecular weight excluding hydrogens is 248 g/mol. The first-order valence-corrected chi connectivity index (χ1v) is 7.14. The predicted octanol–water partition coefficient (Wildman–Crippen LogP) is 4.70. The Morgan fingerprint density at radius 3 is 2.40 bits per heavy atom. The molecule has 0 radical (unpaired) electrons. The molecule has 0 heterocycles. The third kappa shape index (κ3) is 3.70. The molecule has 0 aliphatic carbocycles. The van der Waals surface area contributed by atoms with Crippen LogP contribution in [-0.2, 0) is 4.74 Å². The first kappa shape index (κ1) is 14.3. The van der Waals surface area contributed by atoms with E-state index in [1.807, 2.05) is 54.6 Å². The molecule has 104 valence electrons. The highest BCUT2D eigenvalue weighted by Crippen LogP contribution is 2.24. The topological polar surface area (TPSA) is 26.3 Å². The van der Waals surface area contributed by atoms with E-state index < -0.39 is 0 Å². The van der Waals surface area contributed by atoms with Crippen LogP contribution in [-0.4, -0.2) is 12.6 Å². The van der Waals surface area contributed by atoms with Crippen molar-refractivity contribution in [2.45, 2.75) is 26.2 Å². The van der Waals surface area contributed by atoms with Crippen molar-refractivity contribution >= 4 is 5.97 Å². The van der Waals surface area contributed by atoms with E-state index in [9.17, 15) is 4.79 Å². The minimum absolute atomic E-state index is 0.236. The molecule has 0 fully saturated rings. The van der Waals surface area contributed by atoms with Crippen LogP contribution in [0.3, 0.4) is 0 Å². The SMILES string of the molecule is CCCCCOC(=O)c1ccccc1-c1ccccc1. The zero-order valence-electron chi connectivity index (χ0n) is 11.8. The molecule has 0 saturated heterocycles. The summed E-state index contributed by atoms with van der Waals surface area (Å²) in [4.78, 5) is 12.2. The third-order valence-electron chi connectivity index (χ3n) is 3.21. The maximum Gasteiger partial charge on any atom is 0.338 e. The Morgan fingerprint density at radius 1 is 0.950 bits per heavy atom. The summed E-state index contributed by atoms with van der Waals surface area (Å²) in [5, 5.41) is 0. The largest absolute Gasteiger partial charge is 0.462 e. The zero-order valence-corrected chi connectivity index (χ0v) is 11.8. The average Bonchev–Trinajstić information content (AvgIpc) is 2.52. The molecular formula is C18H20O2. The van der Waals surface area contributed by atoms with Crippen LogP contribution in [0.2, 0.25) is 0 Å². The van der Waals surface area contributed by atoms with E-state index in [1.165, 1.54) is 0 Å². The van der Waals surface area contributed by atoms with Crippen molar-refractivity contribution < 1.29 is 9.53 Å². The van der Waals surface area contributed by atoms with E-state index in [0.717, 1.165) is 30.4 Å². The summed E-state index contributed by atoms with van der Waals surface area (Å²) in [5.74, 6) is -0.236. The van der Waals surface area contributed by atoms with Gasteiger partial charge in [-0.1, -0.05) is 68.3 Å². The molecule has 0 atom stereocenters. The number of benzene rings is 2. The van der Waals surface area contributed by atoms with Gasteiger partial charge in [-0.05, 0) is 23.6 Å². The molecule has 2 rings (SSSR count). The molecule has 2 heteroatoms. The van der Waals surface area contributed by atoms with Gasteiger partial charge in [-0.15, -0.1) is 0 Å². The van der Waals surface area contributed by atoms with Gasteiger partial charge in [-0.25, -0.2) is 4.79 Å². The third-order valence-corrected chi connectivity index (χ3v) is 3.21. The van der Waals surface area contributed by atoms with Crippen LogP contribution >= 0.6 is 0 Å². The molecule has 2 aromatic carbocycles. The van der Waals surface area contributed by atoms with E-state index >= 15 is 0 Å². The van der Waals surface area contributed by atoms with Crippen LogP contribution in [0.5, 0.6) is 0 Å². The van der Waals surface area contributed by atoms with Crippen molar-refractivity contribution in [3.8, 4) is 11.1 Å². The Hall–Kier alpha value is -2.09. The second kappa shape index (κ2) is 7.49. The van der Waals surface area contributed by atoms with E-state index in [0.29, 0.717) is 12.2 Å². The van der Waals surface area contributed by atoms with Crippen molar-refractivity contribution in [2.24, 2.45) is 0 Å². The number of esters is 1. The maximum absolute atomic E-state index is 12.2. The van der Waals surface area contributed by atoms with Crippen molar-refractivity contribution in [1.29, 1.82) is 0 Å². The Labute approximate surface area is 120 Å². The highest BCUT2D eigenvalue weighted by molar-refractivity contribution is 5.97. The summed E-state index contributed by atoms with van der Waals surface area (Å²) in [7, 11) is 0. The molecule has 0 aliphatic rings. The number of hydrogen-bond donors (Lipinski definition) is 0. The highest BCUT2D eigenvalue weighted by Gasteiger charge is 2.13. The van der Waals surface area contributed by atoms with Crippen molar-refractivity contribution in [1.82, 2.24) is 0 Å². The van der Waals surface area contributed by atoms with Gasteiger partial charge in [-0.2, -0.15) is 0 Å². The average molecular weight is 268 g/mol. The van der Waals surface area contributed by atoms with Gasteiger partial charge in [-0.3, -0.25) is 0 Å². The fourth-order valence-corrected chi connectivity index (χ4v) is 2.13. The first-order valence-electron chi connectivity index (χ1n) is 7.14. The molecule has 0 N–H and O–H groups in total. The van der Waals surface area contributed by atoms with Gasteiger partial charge in [0.15, 0.2) is 0 Å². The molecule has 0 unspecified atom stereocenters. The van der Waals surface area contributed by atoms with E-state index in [4.69, 9.17) is 4.74 Å². The molecule has 0 aliphatic heterocycles. The Kier molecular flexibility index (Phi) is 5.36. The number of carbonyl (C=O) groups is 1. The molecule has 2 nitrogen and oxygen atoms in total. The Bertz CT molecular complexity index is 546. The Morgan fingerprint density at radius 2 is 1.65 bits per heavy atom. The van der Waals surface area contributed by atoms with Gasteiger partial charge in [0.25, 0.3) is 0 Å². The number of ether oxygens (including phenoxy) is 1. The standard InChI is InChI=1S/C18H20O2/c1-2-3-9-14-20-18(19)17-13-8-7-12-16(17)15-10-5-4-6-11-15/h4-8,10-13H,2-3,9,14H2,1H3. The minimum Gasteiger partial charge on any atom is -0.462 e. The second-order valence-electron chi connectivity index (χ2n) is 4.75. The fourth-order valence-electron chi connectivity index (χ4n) is 2.13. The van der Waals surface area contributed by atoms with Gasteiger partial charge >= 0.3 is 5.97 Å². The first-order chi connectivity index (χ1) is 9.83. The minimum atomic E-state index is -0.236. The van der Waals surface area contributed by atoms with E-state index in [-0.39, 0.29) is 5.97 Å². The smallest absolute Gasteiger partial charge is 0.338 e. The summed E-state index contributed by atoms with van der Waals surface area (Å²) in [6, 6.07) is 17.5. The van der Waals surface area contributed by atoms with Gasteiger partial charge in [0.2, 0.25) is 0 Å². The monoisotopic (exact) mass is 268 g/mol. The van der Waals surface area contributed by atoms with E-state index in [1.54, 1.807) is 0 Å². The number of unbranched alkanes of at least 4 members (excludes halogenated alkanes) is 2. The number of hydrogen-bond acceptors (Lipinski definition) is 2. The Balaban J connectivity index is 2.14. The molecule has 0 bridgehead atoms. The van der Waals surface area contributed by atoms with Crippen molar-refractivity contribution in [3.05, 3.63) is 60.2 Å². The quantitative estimate of drug-likeness (QED) is 0.560. The lowest BCUT2D eigenvalue weighted by atomic mass is 10.00. The van der Waals surface area contributed by atoms with Gasteiger partial charge in [0, 0.05) is 0 Å². The maximum atomic E-state index is 12.2. The molecule has 2 aromatic rings. The number of carbonyl (C=O) groups excluding carboxylic acids is 1. The summed E-state index contributed by atoms with van der Waals surface area (Å²) in [5.41, 5.74) is 2.59. The summed E-state index contributed by atoms with van der Waals surface area (Å²) >= 11 is 0. The van der Waals surface area contributed by atoms with Crippen LogP contribution in [0.25, 0.3) is 11.1 Å². The highest BCUT2D eigenvalue weighted by atomic mass is 16.5. The molecule has 0 aromatic heterocycles. The van der Waals surface area contributed by atoms with E-state index in [2.05, 4.69) is 6.92 Å². The van der Waals surface area contributed by atoms with Crippen LogP contribution in [0, 0.1) is 0 Å². The van der Waals surface area contributed by atoms with Gasteiger partial charge in [0.1, 0.15) is 0 Å². The zero-order chi connectivity index (χ0) is 14.2. The summed E-state index contributed by atoms with van der Waals surface area (Å²) < 4.78 is 5.35. The van der Waals surface area contributed by atoms with Crippen molar-refractivity contribution in [2.75, 3.05) is 6.61 Å². The lowest BCUT2D eigenvalue weighted by molar-refractivity contribution is 0.0499. The molecule has 20 heavy (non-hydrogen) atoms. The fraction of sp³-hybridized carbons (Fsp3) is 0.278. The van der Waals surface area contributed by atoms with Crippen LogP contribution in [0.4, 0.5) is 0 Å². The normalized spacial score (nSPS) is 10.2. The second-order valence-corrected chi connectivity index (χ2v) is 4.75. The van der Waals surface area contributed by atoms with Crippen LogP contribution in [0.1, 0.15) is 36.5 Å². The predicted molar refractivity (Wildman–Crippen MR) is 81.7 cm³/mol. The molecule has 0 amide bonds. The van der Waals surface area contributed by atoms with Crippen LogP contribution < -0.4 is 0 Å². The van der Waals surface area contributed by atoms with Gasteiger partial charge < -0.3 is 4.74 Å². The number of rotatable bonds is 6. The lowest BCUT2D eigenvalue weighted by Gasteiger charge is -2.09.